The molecule has 88 valence electrons. The molecule has 0 bridgehead atoms. The van der Waals surface area contributed by atoms with Crippen LogP contribution in [0.1, 0.15) is 23.1 Å². The highest BCUT2D eigenvalue weighted by molar-refractivity contribution is 5.30. The lowest BCUT2D eigenvalue weighted by Gasteiger charge is -2.12. The number of benzene rings is 1. The SMILES string of the molecule is Cc1ccc(C)c(CCNC2CCNC2)c1. The minimum absolute atomic E-state index is 0.685. The molecule has 2 rings (SSSR count). The number of nitrogens with one attached hydrogen (secondary N) is 2. The van der Waals surface area contributed by atoms with Crippen molar-refractivity contribution in [1.82, 2.24) is 10.6 Å². The molecule has 1 aliphatic heterocycles. The van der Waals surface area contributed by atoms with Crippen LogP contribution in [0.25, 0.3) is 0 Å². The molecule has 0 radical (unpaired) electrons. The van der Waals surface area contributed by atoms with Gasteiger partial charge in [0.2, 0.25) is 0 Å². The Morgan fingerprint density at radius 2 is 2.25 bits per heavy atom. The van der Waals surface area contributed by atoms with Crippen molar-refractivity contribution in [1.29, 1.82) is 0 Å². The van der Waals surface area contributed by atoms with Gasteiger partial charge in [0.05, 0.1) is 0 Å². The van der Waals surface area contributed by atoms with Gasteiger partial charge < -0.3 is 10.6 Å². The van der Waals surface area contributed by atoms with Crippen molar-refractivity contribution in [2.45, 2.75) is 32.7 Å². The Labute approximate surface area is 98.4 Å². The molecule has 1 saturated heterocycles. The van der Waals surface area contributed by atoms with Crippen LogP contribution >= 0.6 is 0 Å². The van der Waals surface area contributed by atoms with Crippen molar-refractivity contribution in [3.8, 4) is 0 Å². The Bertz CT molecular complexity index is 341. The van der Waals surface area contributed by atoms with E-state index < -0.39 is 0 Å². The zero-order chi connectivity index (χ0) is 11.4. The second-order valence-electron chi connectivity index (χ2n) is 4.82. The van der Waals surface area contributed by atoms with Gasteiger partial charge in [-0.15, -0.1) is 0 Å². The molecule has 2 heteroatoms. The van der Waals surface area contributed by atoms with Gasteiger partial charge in [-0.05, 0) is 50.9 Å². The van der Waals surface area contributed by atoms with Crippen LogP contribution < -0.4 is 10.6 Å². The molecule has 1 aromatic rings. The number of hydrogen-bond donors (Lipinski definition) is 2. The molecule has 0 aromatic heterocycles. The van der Waals surface area contributed by atoms with Crippen LogP contribution in [0, 0.1) is 13.8 Å². The average molecular weight is 218 g/mol. The fourth-order valence-electron chi connectivity index (χ4n) is 2.31. The van der Waals surface area contributed by atoms with Crippen molar-refractivity contribution in [2.24, 2.45) is 0 Å². The van der Waals surface area contributed by atoms with Crippen LogP contribution in [0.15, 0.2) is 18.2 Å². The summed E-state index contributed by atoms with van der Waals surface area (Å²) in [4.78, 5) is 0. The van der Waals surface area contributed by atoms with Gasteiger partial charge in [-0.3, -0.25) is 0 Å². The molecular formula is C14H22N2. The zero-order valence-corrected chi connectivity index (χ0v) is 10.3. The molecule has 0 aliphatic carbocycles. The second kappa shape index (κ2) is 5.46. The summed E-state index contributed by atoms with van der Waals surface area (Å²) in [5.74, 6) is 0. The predicted molar refractivity (Wildman–Crippen MR) is 68.9 cm³/mol. The molecule has 0 saturated carbocycles. The average Bonchev–Trinajstić information content (AvgIpc) is 2.76. The molecule has 2 N–H and O–H groups in total. The van der Waals surface area contributed by atoms with E-state index in [0.29, 0.717) is 6.04 Å². The van der Waals surface area contributed by atoms with E-state index in [1.165, 1.54) is 29.7 Å². The Hall–Kier alpha value is -0.860. The van der Waals surface area contributed by atoms with Gasteiger partial charge in [0, 0.05) is 12.6 Å². The molecule has 0 amide bonds. The molecule has 1 fully saturated rings. The third kappa shape index (κ3) is 3.06. The summed E-state index contributed by atoms with van der Waals surface area (Å²) < 4.78 is 0. The molecule has 16 heavy (non-hydrogen) atoms. The van der Waals surface area contributed by atoms with Crippen LogP contribution in [0.2, 0.25) is 0 Å². The van der Waals surface area contributed by atoms with E-state index in [4.69, 9.17) is 0 Å². The summed E-state index contributed by atoms with van der Waals surface area (Å²) in [6, 6.07) is 7.41. The van der Waals surface area contributed by atoms with Crippen LogP contribution in [0.3, 0.4) is 0 Å². The zero-order valence-electron chi connectivity index (χ0n) is 10.3. The standard InChI is InChI=1S/C14H22N2/c1-11-3-4-12(2)13(9-11)5-8-16-14-6-7-15-10-14/h3-4,9,14-16H,5-8,10H2,1-2H3. The fourth-order valence-corrected chi connectivity index (χ4v) is 2.31. The van der Waals surface area contributed by atoms with Gasteiger partial charge >= 0.3 is 0 Å². The molecule has 1 atom stereocenters. The number of hydrogen-bond acceptors (Lipinski definition) is 2. The highest BCUT2D eigenvalue weighted by atomic mass is 15.0. The first kappa shape index (κ1) is 11.6. The Morgan fingerprint density at radius 1 is 1.38 bits per heavy atom. The lowest BCUT2D eigenvalue weighted by atomic mass is 10.0. The summed E-state index contributed by atoms with van der Waals surface area (Å²) in [5.41, 5.74) is 4.26. The van der Waals surface area contributed by atoms with Crippen LogP contribution in [-0.2, 0) is 6.42 Å². The molecule has 1 aromatic carbocycles. The summed E-state index contributed by atoms with van der Waals surface area (Å²) in [5, 5.41) is 6.99. The van der Waals surface area contributed by atoms with Crippen molar-refractivity contribution >= 4 is 0 Å². The van der Waals surface area contributed by atoms with E-state index in [1.807, 2.05) is 0 Å². The van der Waals surface area contributed by atoms with E-state index in [-0.39, 0.29) is 0 Å². The van der Waals surface area contributed by atoms with E-state index >= 15 is 0 Å². The topological polar surface area (TPSA) is 24.1 Å². The highest BCUT2D eigenvalue weighted by Crippen LogP contribution is 2.11. The number of rotatable bonds is 4. The van der Waals surface area contributed by atoms with Gasteiger partial charge in [0.25, 0.3) is 0 Å². The maximum absolute atomic E-state index is 3.61. The summed E-state index contributed by atoms with van der Waals surface area (Å²) in [7, 11) is 0. The van der Waals surface area contributed by atoms with Gasteiger partial charge in [-0.1, -0.05) is 23.8 Å². The normalized spacial score (nSPS) is 20.2. The van der Waals surface area contributed by atoms with Crippen LogP contribution in [0.5, 0.6) is 0 Å². The first-order valence-electron chi connectivity index (χ1n) is 6.26. The van der Waals surface area contributed by atoms with Crippen LogP contribution in [0.4, 0.5) is 0 Å². The monoisotopic (exact) mass is 218 g/mol. The lowest BCUT2D eigenvalue weighted by Crippen LogP contribution is -2.32. The van der Waals surface area contributed by atoms with Gasteiger partial charge in [0.1, 0.15) is 0 Å². The minimum atomic E-state index is 0.685. The van der Waals surface area contributed by atoms with Crippen molar-refractivity contribution in [3.63, 3.8) is 0 Å². The predicted octanol–water partition coefficient (Wildman–Crippen LogP) is 1.80. The first-order valence-corrected chi connectivity index (χ1v) is 6.26. The maximum Gasteiger partial charge on any atom is 0.0204 e. The maximum atomic E-state index is 3.61. The van der Waals surface area contributed by atoms with E-state index in [9.17, 15) is 0 Å². The molecular weight excluding hydrogens is 196 g/mol. The Kier molecular flexibility index (Phi) is 3.97. The number of aryl methyl sites for hydroxylation is 2. The van der Waals surface area contributed by atoms with Gasteiger partial charge in [-0.2, -0.15) is 0 Å². The Morgan fingerprint density at radius 3 is 3.00 bits per heavy atom. The van der Waals surface area contributed by atoms with Crippen molar-refractivity contribution in [3.05, 3.63) is 34.9 Å². The molecule has 2 nitrogen and oxygen atoms in total. The van der Waals surface area contributed by atoms with Crippen LogP contribution in [-0.4, -0.2) is 25.7 Å². The smallest absolute Gasteiger partial charge is 0.0204 e. The molecule has 1 unspecified atom stereocenters. The lowest BCUT2D eigenvalue weighted by molar-refractivity contribution is 0.550. The second-order valence-corrected chi connectivity index (χ2v) is 4.82. The van der Waals surface area contributed by atoms with E-state index in [1.54, 1.807) is 0 Å². The summed E-state index contributed by atoms with van der Waals surface area (Å²) >= 11 is 0. The van der Waals surface area contributed by atoms with Gasteiger partial charge in [0.15, 0.2) is 0 Å². The summed E-state index contributed by atoms with van der Waals surface area (Å²) in [6.45, 7) is 7.76. The van der Waals surface area contributed by atoms with E-state index in [2.05, 4.69) is 42.7 Å². The first-order chi connectivity index (χ1) is 7.75. The van der Waals surface area contributed by atoms with Crippen molar-refractivity contribution < 1.29 is 0 Å². The Balaban J connectivity index is 1.82. The quantitative estimate of drug-likeness (QED) is 0.805. The highest BCUT2D eigenvalue weighted by Gasteiger charge is 2.12. The van der Waals surface area contributed by atoms with E-state index in [0.717, 1.165) is 19.5 Å². The fraction of sp³-hybridized carbons (Fsp3) is 0.571. The molecule has 0 spiro atoms. The van der Waals surface area contributed by atoms with Crippen molar-refractivity contribution in [2.75, 3.05) is 19.6 Å². The third-order valence-corrected chi connectivity index (χ3v) is 3.39. The summed E-state index contributed by atoms with van der Waals surface area (Å²) in [6.07, 6.45) is 2.41. The van der Waals surface area contributed by atoms with Gasteiger partial charge in [-0.25, -0.2) is 0 Å². The largest absolute Gasteiger partial charge is 0.315 e. The molecule has 1 heterocycles. The molecule has 1 aliphatic rings. The third-order valence-electron chi connectivity index (χ3n) is 3.39. The minimum Gasteiger partial charge on any atom is -0.315 e.